The van der Waals surface area contributed by atoms with E-state index in [1.807, 2.05) is 0 Å². The zero-order chi connectivity index (χ0) is 10.9. The molecule has 1 fully saturated rings. The molecule has 2 rings (SSSR count). The Morgan fingerprint density at radius 1 is 1.60 bits per heavy atom. The molecular weight excluding hydrogens is 218 g/mol. The summed E-state index contributed by atoms with van der Waals surface area (Å²) in [5, 5.41) is 6.68. The van der Waals surface area contributed by atoms with Gasteiger partial charge in [-0.15, -0.1) is 0 Å². The average Bonchev–Trinajstić information content (AvgIpc) is 2.73. The maximum Gasteiger partial charge on any atom is 0.240 e. The molecule has 1 aliphatic heterocycles. The lowest BCUT2D eigenvalue weighted by atomic mass is 10.1. The predicted octanol–water partition coefficient (Wildman–Crippen LogP) is -0.309. The van der Waals surface area contributed by atoms with Crippen LogP contribution in [0.25, 0.3) is 0 Å². The minimum atomic E-state index is -2.88. The number of hydrogen-bond acceptors (Lipinski definition) is 6. The third kappa shape index (κ3) is 2.35. The SMILES string of the molecule is CNCc1nc(C2CCS(=O)(=O)C2)no1. The Morgan fingerprint density at radius 2 is 2.40 bits per heavy atom. The van der Waals surface area contributed by atoms with Crippen molar-refractivity contribution in [3.05, 3.63) is 11.7 Å². The fourth-order valence-electron chi connectivity index (χ4n) is 1.66. The van der Waals surface area contributed by atoms with E-state index in [9.17, 15) is 8.42 Å². The van der Waals surface area contributed by atoms with Crippen molar-refractivity contribution in [3.8, 4) is 0 Å². The van der Waals surface area contributed by atoms with Crippen molar-refractivity contribution in [1.29, 1.82) is 0 Å². The number of nitrogens with zero attached hydrogens (tertiary/aromatic N) is 2. The number of sulfone groups is 1. The summed E-state index contributed by atoms with van der Waals surface area (Å²) < 4.78 is 27.5. The van der Waals surface area contributed by atoms with Crippen LogP contribution in [0.2, 0.25) is 0 Å². The normalized spacial score (nSPS) is 24.5. The van der Waals surface area contributed by atoms with Crippen LogP contribution in [0.5, 0.6) is 0 Å². The minimum absolute atomic E-state index is 0.0932. The highest BCUT2D eigenvalue weighted by Crippen LogP contribution is 2.26. The molecule has 1 saturated heterocycles. The molecule has 0 saturated carbocycles. The Labute approximate surface area is 88.0 Å². The van der Waals surface area contributed by atoms with Crippen LogP contribution < -0.4 is 5.32 Å². The molecule has 2 heterocycles. The molecule has 1 atom stereocenters. The molecule has 84 valence electrons. The maximum absolute atomic E-state index is 11.2. The van der Waals surface area contributed by atoms with Crippen LogP contribution in [0.15, 0.2) is 4.52 Å². The molecule has 15 heavy (non-hydrogen) atoms. The molecule has 0 aromatic carbocycles. The molecule has 1 aromatic heterocycles. The Balaban J connectivity index is 2.10. The molecular formula is C8H13N3O3S. The molecule has 0 amide bonds. The Morgan fingerprint density at radius 3 is 3.00 bits per heavy atom. The zero-order valence-electron chi connectivity index (χ0n) is 8.43. The Bertz CT molecular complexity index is 440. The average molecular weight is 231 g/mol. The highest BCUT2D eigenvalue weighted by atomic mass is 32.2. The molecule has 0 bridgehead atoms. The van der Waals surface area contributed by atoms with Gasteiger partial charge < -0.3 is 9.84 Å². The first-order chi connectivity index (χ1) is 7.11. The van der Waals surface area contributed by atoms with Gasteiger partial charge >= 0.3 is 0 Å². The zero-order valence-corrected chi connectivity index (χ0v) is 9.25. The van der Waals surface area contributed by atoms with E-state index in [0.717, 1.165) is 0 Å². The van der Waals surface area contributed by atoms with E-state index < -0.39 is 9.84 Å². The fraction of sp³-hybridized carbons (Fsp3) is 0.750. The van der Waals surface area contributed by atoms with E-state index in [1.165, 1.54) is 0 Å². The van der Waals surface area contributed by atoms with Gasteiger partial charge in [0.25, 0.3) is 0 Å². The largest absolute Gasteiger partial charge is 0.338 e. The van der Waals surface area contributed by atoms with Crippen molar-refractivity contribution >= 4 is 9.84 Å². The van der Waals surface area contributed by atoms with Crippen molar-refractivity contribution in [2.45, 2.75) is 18.9 Å². The third-order valence-electron chi connectivity index (χ3n) is 2.41. The van der Waals surface area contributed by atoms with Gasteiger partial charge in [0.2, 0.25) is 5.89 Å². The van der Waals surface area contributed by atoms with Crippen LogP contribution >= 0.6 is 0 Å². The summed E-state index contributed by atoms with van der Waals surface area (Å²) in [5.74, 6) is 1.29. The van der Waals surface area contributed by atoms with Crippen molar-refractivity contribution in [2.24, 2.45) is 0 Å². The fourth-order valence-corrected chi connectivity index (χ4v) is 3.39. The van der Waals surface area contributed by atoms with E-state index in [2.05, 4.69) is 15.5 Å². The van der Waals surface area contributed by atoms with E-state index >= 15 is 0 Å². The smallest absolute Gasteiger partial charge is 0.240 e. The first kappa shape index (κ1) is 10.6. The van der Waals surface area contributed by atoms with Crippen LogP contribution in [0.4, 0.5) is 0 Å². The molecule has 0 aliphatic carbocycles. The standard InChI is InChI=1S/C8H13N3O3S/c1-9-4-7-10-8(11-14-7)6-2-3-15(12,13)5-6/h6,9H,2-5H2,1H3. The van der Waals surface area contributed by atoms with Gasteiger partial charge in [-0.3, -0.25) is 0 Å². The number of hydrogen-bond donors (Lipinski definition) is 1. The summed E-state index contributed by atoms with van der Waals surface area (Å²) in [6.45, 7) is 0.506. The van der Waals surface area contributed by atoms with Crippen LogP contribution in [0.3, 0.4) is 0 Å². The second kappa shape index (κ2) is 3.90. The third-order valence-corrected chi connectivity index (χ3v) is 4.18. The summed E-state index contributed by atoms with van der Waals surface area (Å²) in [6.07, 6.45) is 0.598. The van der Waals surface area contributed by atoms with E-state index in [4.69, 9.17) is 4.52 Å². The summed E-state index contributed by atoms with van der Waals surface area (Å²) in [6, 6.07) is 0. The van der Waals surface area contributed by atoms with Gasteiger partial charge in [0, 0.05) is 5.92 Å². The number of rotatable bonds is 3. The van der Waals surface area contributed by atoms with E-state index in [1.54, 1.807) is 7.05 Å². The topological polar surface area (TPSA) is 85.1 Å². The summed E-state index contributed by atoms with van der Waals surface area (Å²) in [4.78, 5) is 4.14. The van der Waals surface area contributed by atoms with Gasteiger partial charge in [0.15, 0.2) is 15.7 Å². The quantitative estimate of drug-likeness (QED) is 0.768. The molecule has 0 radical (unpaired) electrons. The lowest BCUT2D eigenvalue weighted by Gasteiger charge is -1.97. The first-order valence-corrected chi connectivity index (χ1v) is 6.60. The van der Waals surface area contributed by atoms with E-state index in [-0.39, 0.29) is 17.4 Å². The first-order valence-electron chi connectivity index (χ1n) is 4.78. The van der Waals surface area contributed by atoms with Crippen LogP contribution in [-0.2, 0) is 16.4 Å². The highest BCUT2D eigenvalue weighted by molar-refractivity contribution is 7.91. The van der Waals surface area contributed by atoms with Crippen LogP contribution in [-0.4, -0.2) is 37.1 Å². The highest BCUT2D eigenvalue weighted by Gasteiger charge is 2.32. The Hall–Kier alpha value is -0.950. The second-order valence-corrected chi connectivity index (χ2v) is 5.91. The van der Waals surface area contributed by atoms with Gasteiger partial charge in [-0.25, -0.2) is 8.42 Å². The molecule has 1 N–H and O–H groups in total. The molecule has 1 aromatic rings. The maximum atomic E-state index is 11.2. The second-order valence-electron chi connectivity index (χ2n) is 3.68. The summed E-state index contributed by atoms with van der Waals surface area (Å²) in [5.41, 5.74) is 0. The van der Waals surface area contributed by atoms with Crippen molar-refractivity contribution in [3.63, 3.8) is 0 Å². The lowest BCUT2D eigenvalue weighted by Crippen LogP contribution is -2.07. The molecule has 0 spiro atoms. The van der Waals surface area contributed by atoms with Gasteiger partial charge in [0.1, 0.15) is 0 Å². The molecule has 6 nitrogen and oxygen atoms in total. The van der Waals surface area contributed by atoms with Gasteiger partial charge in [-0.05, 0) is 13.5 Å². The Kier molecular flexibility index (Phi) is 2.74. The minimum Gasteiger partial charge on any atom is -0.338 e. The van der Waals surface area contributed by atoms with Crippen molar-refractivity contribution in [1.82, 2.24) is 15.5 Å². The van der Waals surface area contributed by atoms with Crippen LogP contribution in [0.1, 0.15) is 24.1 Å². The molecule has 1 unspecified atom stereocenters. The lowest BCUT2D eigenvalue weighted by molar-refractivity contribution is 0.364. The van der Waals surface area contributed by atoms with Crippen LogP contribution in [0, 0.1) is 0 Å². The molecule has 7 heteroatoms. The van der Waals surface area contributed by atoms with Crippen molar-refractivity contribution < 1.29 is 12.9 Å². The van der Waals surface area contributed by atoms with E-state index in [0.29, 0.717) is 24.7 Å². The summed E-state index contributed by atoms with van der Waals surface area (Å²) >= 11 is 0. The van der Waals surface area contributed by atoms with Gasteiger partial charge in [0.05, 0.1) is 18.1 Å². The summed E-state index contributed by atoms with van der Waals surface area (Å²) in [7, 11) is -1.10. The monoisotopic (exact) mass is 231 g/mol. The van der Waals surface area contributed by atoms with Crippen molar-refractivity contribution in [2.75, 3.05) is 18.6 Å². The molecule has 1 aliphatic rings. The van der Waals surface area contributed by atoms with Gasteiger partial charge in [-0.1, -0.05) is 5.16 Å². The van der Waals surface area contributed by atoms with Gasteiger partial charge in [-0.2, -0.15) is 4.98 Å². The number of aromatic nitrogens is 2. The number of nitrogens with one attached hydrogen (secondary N) is 1. The predicted molar refractivity (Wildman–Crippen MR) is 53.1 cm³/mol.